The molecule has 0 aliphatic heterocycles. The summed E-state index contributed by atoms with van der Waals surface area (Å²) in [5, 5.41) is 0. The van der Waals surface area contributed by atoms with Crippen LogP contribution in [0.3, 0.4) is 0 Å². The number of isocyanates is 1. The van der Waals surface area contributed by atoms with Gasteiger partial charge in [-0.15, -0.1) is 0 Å². The highest BCUT2D eigenvalue weighted by Gasteiger charge is 2.42. The van der Waals surface area contributed by atoms with Crippen LogP contribution in [0.2, 0.25) is 0 Å². The van der Waals surface area contributed by atoms with Gasteiger partial charge in [0, 0.05) is 5.92 Å². The van der Waals surface area contributed by atoms with Crippen molar-refractivity contribution >= 4 is 6.08 Å². The van der Waals surface area contributed by atoms with Crippen molar-refractivity contribution in [2.24, 2.45) is 16.3 Å². The van der Waals surface area contributed by atoms with Crippen LogP contribution in [0.4, 0.5) is 0 Å². The van der Waals surface area contributed by atoms with Crippen LogP contribution in [0.1, 0.15) is 40.0 Å². The average molecular weight is 206 g/mol. The lowest BCUT2D eigenvalue weighted by Crippen LogP contribution is -2.40. The molecule has 1 aliphatic rings. The molecule has 1 rings (SSSR count). The van der Waals surface area contributed by atoms with E-state index >= 15 is 0 Å². The van der Waals surface area contributed by atoms with Crippen LogP contribution in [-0.4, -0.2) is 18.2 Å². The van der Waals surface area contributed by atoms with Crippen molar-refractivity contribution in [3.8, 4) is 0 Å². The first-order valence-electron chi connectivity index (χ1n) is 5.33. The summed E-state index contributed by atoms with van der Waals surface area (Å²) in [4.78, 5) is 17.8. The van der Waals surface area contributed by atoms with E-state index in [0.717, 1.165) is 19.3 Å². The van der Waals surface area contributed by atoms with Gasteiger partial charge in [-0.05, 0) is 31.6 Å². The van der Waals surface area contributed by atoms with E-state index in [1.165, 1.54) is 0 Å². The first-order valence-corrected chi connectivity index (χ1v) is 5.33. The summed E-state index contributed by atoms with van der Waals surface area (Å²) in [7, 11) is 0. The second-order valence-electron chi connectivity index (χ2n) is 5.66. The summed E-state index contributed by atoms with van der Waals surface area (Å²) in [6, 6.07) is 0. The molecular weight excluding hydrogens is 188 g/mol. The normalized spacial score (nSPS) is 33.9. The molecule has 0 aromatic carbocycles. The van der Waals surface area contributed by atoms with Crippen LogP contribution in [0, 0.1) is 17.9 Å². The summed E-state index contributed by atoms with van der Waals surface area (Å²) >= 11 is 0. The third-order valence-electron chi connectivity index (χ3n) is 3.09. The Bertz CT molecular complexity index is 323. The van der Waals surface area contributed by atoms with Crippen molar-refractivity contribution in [1.29, 1.82) is 0 Å². The molecule has 0 spiro atoms. The van der Waals surface area contributed by atoms with Crippen molar-refractivity contribution < 1.29 is 4.79 Å². The standard InChI is InChI=1S/C12H18N2O/c1-11(2)5-10(7-13-4)6-12(3,8-11)14-9-15/h10H,5-8H2,1-3H3. The highest BCUT2D eigenvalue weighted by molar-refractivity contribution is 5.35. The third-order valence-corrected chi connectivity index (χ3v) is 3.09. The zero-order valence-corrected chi connectivity index (χ0v) is 9.71. The van der Waals surface area contributed by atoms with Gasteiger partial charge < -0.3 is 4.85 Å². The van der Waals surface area contributed by atoms with Gasteiger partial charge in [0.25, 0.3) is 0 Å². The minimum absolute atomic E-state index is 0.169. The number of carbonyl (C=O) groups excluding carboxylic acids is 1. The summed E-state index contributed by atoms with van der Waals surface area (Å²) in [5.41, 5.74) is -0.137. The highest BCUT2D eigenvalue weighted by atomic mass is 16.1. The van der Waals surface area contributed by atoms with E-state index in [1.807, 2.05) is 6.92 Å². The molecule has 0 aromatic rings. The zero-order valence-electron chi connectivity index (χ0n) is 9.71. The number of hydrogen-bond acceptors (Lipinski definition) is 2. The molecule has 0 heterocycles. The van der Waals surface area contributed by atoms with Crippen molar-refractivity contribution in [3.63, 3.8) is 0 Å². The molecule has 1 saturated carbocycles. The molecule has 0 aromatic heterocycles. The van der Waals surface area contributed by atoms with E-state index in [4.69, 9.17) is 6.57 Å². The summed E-state index contributed by atoms with van der Waals surface area (Å²) in [6.45, 7) is 13.8. The van der Waals surface area contributed by atoms with Gasteiger partial charge in [-0.2, -0.15) is 4.99 Å². The Labute approximate surface area is 91.4 Å². The molecule has 0 N–H and O–H groups in total. The molecule has 1 fully saturated rings. The topological polar surface area (TPSA) is 33.8 Å². The second kappa shape index (κ2) is 4.16. The van der Waals surface area contributed by atoms with E-state index in [2.05, 4.69) is 23.7 Å². The number of aliphatic imine (C=N–C) groups is 1. The maximum absolute atomic E-state index is 10.4. The first-order chi connectivity index (χ1) is 6.91. The van der Waals surface area contributed by atoms with Crippen LogP contribution >= 0.6 is 0 Å². The van der Waals surface area contributed by atoms with E-state index in [0.29, 0.717) is 12.5 Å². The quantitative estimate of drug-likeness (QED) is 0.388. The summed E-state index contributed by atoms with van der Waals surface area (Å²) < 4.78 is 0. The van der Waals surface area contributed by atoms with Crippen molar-refractivity contribution in [1.82, 2.24) is 0 Å². The van der Waals surface area contributed by atoms with E-state index in [1.54, 1.807) is 6.08 Å². The van der Waals surface area contributed by atoms with Crippen LogP contribution in [-0.2, 0) is 4.79 Å². The molecule has 2 atom stereocenters. The van der Waals surface area contributed by atoms with Crippen LogP contribution in [0.25, 0.3) is 4.85 Å². The maximum Gasteiger partial charge on any atom is 0.235 e. The fraction of sp³-hybridized carbons (Fsp3) is 0.833. The Hall–Kier alpha value is -1.13. The van der Waals surface area contributed by atoms with Crippen LogP contribution in [0.15, 0.2) is 4.99 Å². The van der Waals surface area contributed by atoms with Crippen molar-refractivity contribution in [3.05, 3.63) is 11.4 Å². The lowest BCUT2D eigenvalue weighted by molar-refractivity contribution is 0.119. The van der Waals surface area contributed by atoms with E-state index in [-0.39, 0.29) is 11.0 Å². The summed E-state index contributed by atoms with van der Waals surface area (Å²) in [6.07, 6.45) is 4.48. The van der Waals surface area contributed by atoms with Crippen LogP contribution < -0.4 is 0 Å². The molecule has 3 nitrogen and oxygen atoms in total. The highest BCUT2D eigenvalue weighted by Crippen LogP contribution is 2.45. The van der Waals surface area contributed by atoms with Crippen LogP contribution in [0.5, 0.6) is 0 Å². The van der Waals surface area contributed by atoms with Gasteiger partial charge in [0.1, 0.15) is 0 Å². The smallest absolute Gasteiger partial charge is 0.235 e. The van der Waals surface area contributed by atoms with Gasteiger partial charge in [-0.25, -0.2) is 11.4 Å². The Morgan fingerprint density at radius 2 is 2.13 bits per heavy atom. The monoisotopic (exact) mass is 206 g/mol. The zero-order chi connectivity index (χ0) is 11.5. The second-order valence-corrected chi connectivity index (χ2v) is 5.66. The Morgan fingerprint density at radius 3 is 2.67 bits per heavy atom. The molecule has 82 valence electrons. The molecule has 3 heteroatoms. The predicted molar refractivity (Wildman–Crippen MR) is 59.1 cm³/mol. The first kappa shape index (κ1) is 11.9. The van der Waals surface area contributed by atoms with Gasteiger partial charge in [-0.1, -0.05) is 13.8 Å². The maximum atomic E-state index is 10.4. The van der Waals surface area contributed by atoms with E-state index < -0.39 is 0 Å². The molecule has 15 heavy (non-hydrogen) atoms. The predicted octanol–water partition coefficient (Wildman–Crippen LogP) is 2.83. The lowest BCUT2D eigenvalue weighted by Gasteiger charge is -2.42. The Kier molecular flexibility index (Phi) is 3.31. The van der Waals surface area contributed by atoms with Gasteiger partial charge in [-0.3, -0.25) is 0 Å². The average Bonchev–Trinajstić information content (AvgIpc) is 1.99. The minimum Gasteiger partial charge on any atom is -0.317 e. The minimum atomic E-state index is -0.307. The van der Waals surface area contributed by atoms with Crippen molar-refractivity contribution in [2.45, 2.75) is 45.6 Å². The molecule has 0 saturated heterocycles. The van der Waals surface area contributed by atoms with Gasteiger partial charge >= 0.3 is 0 Å². The molecule has 0 radical (unpaired) electrons. The fourth-order valence-electron chi connectivity index (χ4n) is 3.10. The number of rotatable bonds is 2. The van der Waals surface area contributed by atoms with E-state index in [9.17, 15) is 4.79 Å². The number of hydrogen-bond donors (Lipinski definition) is 0. The molecular formula is C12H18N2O. The SMILES string of the molecule is [C-]#[N+]CC1CC(C)(C)CC(C)(N=C=O)C1. The van der Waals surface area contributed by atoms with Gasteiger partial charge in [0.15, 0.2) is 0 Å². The Morgan fingerprint density at radius 1 is 1.47 bits per heavy atom. The molecule has 0 amide bonds. The number of nitrogens with zero attached hydrogens (tertiary/aromatic N) is 2. The summed E-state index contributed by atoms with van der Waals surface area (Å²) in [5.74, 6) is 0.369. The molecule has 1 aliphatic carbocycles. The van der Waals surface area contributed by atoms with Crippen molar-refractivity contribution in [2.75, 3.05) is 6.54 Å². The lowest BCUT2D eigenvalue weighted by atomic mass is 9.65. The molecule has 2 unspecified atom stereocenters. The van der Waals surface area contributed by atoms with Gasteiger partial charge in [0.05, 0.1) is 5.54 Å². The van der Waals surface area contributed by atoms with Gasteiger partial charge in [0.2, 0.25) is 12.6 Å². The Balaban J connectivity index is 2.85. The molecule has 0 bridgehead atoms. The largest absolute Gasteiger partial charge is 0.317 e. The third kappa shape index (κ3) is 3.18. The fourth-order valence-corrected chi connectivity index (χ4v) is 3.10.